The molecule has 1 atom stereocenters. The third kappa shape index (κ3) is 4.93. The van der Waals surface area contributed by atoms with Crippen LogP contribution in [-0.2, 0) is 6.54 Å². The highest BCUT2D eigenvalue weighted by atomic mass is 16.1. The second kappa shape index (κ2) is 9.06. The molecule has 0 unspecified atom stereocenters. The van der Waals surface area contributed by atoms with Crippen molar-refractivity contribution in [2.24, 2.45) is 0 Å². The highest BCUT2D eigenvalue weighted by Crippen LogP contribution is 2.23. The van der Waals surface area contributed by atoms with Crippen LogP contribution in [0.15, 0.2) is 78.9 Å². The molecule has 3 nitrogen and oxygen atoms in total. The largest absolute Gasteiger partial charge is 0.341 e. The summed E-state index contributed by atoms with van der Waals surface area (Å²) in [7, 11) is 0. The first kappa shape index (κ1) is 19.4. The van der Waals surface area contributed by atoms with Crippen molar-refractivity contribution < 1.29 is 4.79 Å². The summed E-state index contributed by atoms with van der Waals surface area (Å²) >= 11 is 0. The van der Waals surface area contributed by atoms with Crippen LogP contribution in [-0.4, -0.2) is 23.9 Å². The summed E-state index contributed by atoms with van der Waals surface area (Å²) in [5, 5.41) is 3.23. The normalized spacial score (nSPS) is 15.2. The molecule has 0 radical (unpaired) electrons. The Morgan fingerprint density at radius 2 is 1.48 bits per heavy atom. The van der Waals surface area contributed by atoms with Crippen molar-refractivity contribution in [3.63, 3.8) is 0 Å². The number of carbonyl (C=O) groups excluding carboxylic acids is 1. The molecular formula is C26H28N2O. The first-order valence-corrected chi connectivity index (χ1v) is 10.4. The fraction of sp³-hybridized carbons (Fsp3) is 0.269. The van der Waals surface area contributed by atoms with E-state index in [0.717, 1.165) is 17.7 Å². The van der Waals surface area contributed by atoms with E-state index in [9.17, 15) is 4.79 Å². The zero-order chi connectivity index (χ0) is 20.1. The van der Waals surface area contributed by atoms with Crippen LogP contribution in [0.25, 0.3) is 0 Å². The van der Waals surface area contributed by atoms with Gasteiger partial charge in [-0.25, -0.2) is 0 Å². The Labute approximate surface area is 173 Å². The smallest absolute Gasteiger partial charge is 0.252 e. The Kier molecular flexibility index (Phi) is 6.06. The molecular weight excluding hydrogens is 356 g/mol. The van der Waals surface area contributed by atoms with Crippen LogP contribution >= 0.6 is 0 Å². The van der Waals surface area contributed by atoms with E-state index >= 15 is 0 Å². The summed E-state index contributed by atoms with van der Waals surface area (Å²) in [6, 6.07) is 26.4. The van der Waals surface area contributed by atoms with E-state index < -0.39 is 0 Å². The second-order valence-electron chi connectivity index (χ2n) is 7.91. The number of nitrogens with zero attached hydrogens (tertiary/aromatic N) is 1. The lowest BCUT2D eigenvalue weighted by atomic mass is 9.97. The predicted octanol–water partition coefficient (Wildman–Crippen LogP) is 5.11. The molecule has 1 aliphatic rings. The second-order valence-corrected chi connectivity index (χ2v) is 7.91. The average Bonchev–Trinajstić information content (AvgIpc) is 3.27. The van der Waals surface area contributed by atoms with E-state index in [-0.39, 0.29) is 11.9 Å². The van der Waals surface area contributed by atoms with E-state index in [4.69, 9.17) is 0 Å². The molecule has 1 fully saturated rings. The standard InChI is InChI=1S/C26H28N2O/c1-20-9-13-23(14-10-20)25(22-7-3-2-4-8-22)27-26(29)24-15-11-21(12-16-24)19-28-17-5-6-18-28/h2-4,7-16,25H,5-6,17-19H2,1H3,(H,27,29)/t25-/m0/s1. The van der Waals surface area contributed by atoms with Gasteiger partial charge in [-0.05, 0) is 61.7 Å². The molecule has 3 aromatic carbocycles. The van der Waals surface area contributed by atoms with Gasteiger partial charge in [-0.15, -0.1) is 0 Å². The minimum atomic E-state index is -0.173. The molecule has 29 heavy (non-hydrogen) atoms. The van der Waals surface area contributed by atoms with Gasteiger partial charge in [0.2, 0.25) is 0 Å². The minimum Gasteiger partial charge on any atom is -0.341 e. The summed E-state index contributed by atoms with van der Waals surface area (Å²) in [6.45, 7) is 5.40. The highest BCUT2D eigenvalue weighted by molar-refractivity contribution is 5.94. The third-order valence-electron chi connectivity index (χ3n) is 5.64. The van der Waals surface area contributed by atoms with Gasteiger partial charge in [0.1, 0.15) is 0 Å². The van der Waals surface area contributed by atoms with Gasteiger partial charge in [0.05, 0.1) is 6.04 Å². The van der Waals surface area contributed by atoms with E-state index in [1.807, 2.05) is 30.3 Å². The predicted molar refractivity (Wildman–Crippen MR) is 118 cm³/mol. The SMILES string of the molecule is Cc1ccc([C@@H](NC(=O)c2ccc(CN3CCCC3)cc2)c2ccccc2)cc1. The van der Waals surface area contributed by atoms with Crippen LogP contribution in [0.3, 0.4) is 0 Å². The van der Waals surface area contributed by atoms with Crippen molar-refractivity contribution in [1.29, 1.82) is 0 Å². The van der Waals surface area contributed by atoms with E-state index in [1.165, 1.54) is 37.1 Å². The number of carbonyl (C=O) groups is 1. The maximum Gasteiger partial charge on any atom is 0.252 e. The van der Waals surface area contributed by atoms with Gasteiger partial charge in [-0.2, -0.15) is 0 Å². The molecule has 148 valence electrons. The quantitative estimate of drug-likeness (QED) is 0.640. The van der Waals surface area contributed by atoms with E-state index in [0.29, 0.717) is 5.56 Å². The number of hydrogen-bond donors (Lipinski definition) is 1. The Morgan fingerprint density at radius 1 is 0.862 bits per heavy atom. The molecule has 4 rings (SSSR count). The molecule has 3 aromatic rings. The van der Waals surface area contributed by atoms with Crippen molar-refractivity contribution in [1.82, 2.24) is 10.2 Å². The van der Waals surface area contributed by atoms with Gasteiger partial charge < -0.3 is 5.32 Å². The summed E-state index contributed by atoms with van der Waals surface area (Å²) in [5.74, 6) is -0.0489. The molecule has 0 aliphatic carbocycles. The van der Waals surface area contributed by atoms with Gasteiger partial charge in [0.15, 0.2) is 0 Å². The van der Waals surface area contributed by atoms with Crippen molar-refractivity contribution in [2.75, 3.05) is 13.1 Å². The van der Waals surface area contributed by atoms with Crippen LogP contribution in [0.4, 0.5) is 0 Å². The Bertz CT molecular complexity index is 927. The summed E-state index contributed by atoms with van der Waals surface area (Å²) in [5.41, 5.74) is 5.33. The molecule has 1 amide bonds. The molecule has 0 bridgehead atoms. The van der Waals surface area contributed by atoms with Crippen LogP contribution in [0.1, 0.15) is 51.5 Å². The fourth-order valence-corrected chi connectivity index (χ4v) is 3.94. The number of nitrogens with one attached hydrogen (secondary N) is 1. The zero-order valence-electron chi connectivity index (χ0n) is 17.0. The molecule has 0 aromatic heterocycles. The van der Waals surface area contributed by atoms with Gasteiger partial charge >= 0.3 is 0 Å². The maximum atomic E-state index is 13.0. The number of likely N-dealkylation sites (tertiary alicyclic amines) is 1. The van der Waals surface area contributed by atoms with Gasteiger partial charge in [0, 0.05) is 12.1 Å². The van der Waals surface area contributed by atoms with Gasteiger partial charge in [0.25, 0.3) is 5.91 Å². The third-order valence-corrected chi connectivity index (χ3v) is 5.64. The van der Waals surface area contributed by atoms with Crippen LogP contribution in [0.5, 0.6) is 0 Å². The number of aryl methyl sites for hydroxylation is 1. The first-order valence-electron chi connectivity index (χ1n) is 10.4. The highest BCUT2D eigenvalue weighted by Gasteiger charge is 2.18. The zero-order valence-corrected chi connectivity index (χ0v) is 17.0. The monoisotopic (exact) mass is 384 g/mol. The van der Waals surface area contributed by atoms with Crippen molar-refractivity contribution >= 4 is 5.91 Å². The lowest BCUT2D eigenvalue weighted by Gasteiger charge is -2.20. The lowest BCUT2D eigenvalue weighted by Crippen LogP contribution is -2.29. The molecule has 0 spiro atoms. The van der Waals surface area contributed by atoms with Crippen molar-refractivity contribution in [3.8, 4) is 0 Å². The topological polar surface area (TPSA) is 32.3 Å². The Balaban J connectivity index is 1.51. The van der Waals surface area contributed by atoms with Gasteiger partial charge in [-0.1, -0.05) is 72.3 Å². The van der Waals surface area contributed by atoms with Crippen LogP contribution in [0.2, 0.25) is 0 Å². The van der Waals surface area contributed by atoms with E-state index in [2.05, 4.69) is 65.7 Å². The molecule has 0 saturated carbocycles. The fourth-order valence-electron chi connectivity index (χ4n) is 3.94. The van der Waals surface area contributed by atoms with Crippen molar-refractivity contribution in [2.45, 2.75) is 32.4 Å². The summed E-state index contributed by atoms with van der Waals surface area (Å²) < 4.78 is 0. The summed E-state index contributed by atoms with van der Waals surface area (Å²) in [4.78, 5) is 15.5. The minimum absolute atomic E-state index is 0.0489. The van der Waals surface area contributed by atoms with Crippen LogP contribution in [0, 0.1) is 6.92 Å². The number of rotatable bonds is 6. The molecule has 3 heteroatoms. The van der Waals surface area contributed by atoms with E-state index in [1.54, 1.807) is 0 Å². The van der Waals surface area contributed by atoms with Gasteiger partial charge in [-0.3, -0.25) is 9.69 Å². The molecule has 1 aliphatic heterocycles. The Morgan fingerprint density at radius 3 is 2.14 bits per heavy atom. The number of amides is 1. The average molecular weight is 385 g/mol. The molecule has 1 saturated heterocycles. The first-order chi connectivity index (χ1) is 14.2. The lowest BCUT2D eigenvalue weighted by molar-refractivity contribution is 0.0943. The van der Waals surface area contributed by atoms with Crippen LogP contribution < -0.4 is 5.32 Å². The van der Waals surface area contributed by atoms with Crippen molar-refractivity contribution in [3.05, 3.63) is 107 Å². The Hall–Kier alpha value is -2.91. The summed E-state index contributed by atoms with van der Waals surface area (Å²) in [6.07, 6.45) is 2.58. The maximum absolute atomic E-state index is 13.0. The molecule has 1 heterocycles. The molecule has 1 N–H and O–H groups in total. The number of benzene rings is 3. The number of hydrogen-bond acceptors (Lipinski definition) is 2.